The Kier molecular flexibility index (Phi) is 5.25. The second-order valence-electron chi connectivity index (χ2n) is 8.50. The highest BCUT2D eigenvalue weighted by Gasteiger charge is 2.13. The molecule has 0 fully saturated rings. The smallest absolute Gasteiger partial charge is 0.260 e. The highest BCUT2D eigenvalue weighted by atomic mass is 16.5. The Bertz CT molecular complexity index is 1670. The average molecular weight is 466 g/mol. The van der Waals surface area contributed by atoms with Crippen molar-refractivity contribution in [2.45, 2.75) is 19.5 Å². The van der Waals surface area contributed by atoms with Crippen LogP contribution in [0.5, 0.6) is 11.5 Å². The first kappa shape index (κ1) is 21.1. The van der Waals surface area contributed by atoms with E-state index in [1.807, 2.05) is 36.4 Å². The highest BCUT2D eigenvalue weighted by Crippen LogP contribution is 2.30. The molecule has 0 N–H and O–H groups in total. The summed E-state index contributed by atoms with van der Waals surface area (Å²) < 4.78 is 14.7. The van der Waals surface area contributed by atoms with Gasteiger partial charge in [-0.25, -0.2) is 4.98 Å². The largest absolute Gasteiger partial charge is 0.490 e. The van der Waals surface area contributed by atoms with Gasteiger partial charge >= 0.3 is 0 Å². The van der Waals surface area contributed by atoms with Crippen molar-refractivity contribution in [3.05, 3.63) is 105 Å². The topological polar surface area (TPSA) is 88.2 Å². The van der Waals surface area contributed by atoms with E-state index in [1.54, 1.807) is 45.9 Å². The Labute approximate surface area is 200 Å². The van der Waals surface area contributed by atoms with Crippen LogP contribution in [0.25, 0.3) is 21.8 Å². The third kappa shape index (κ3) is 4.03. The van der Waals surface area contributed by atoms with Crippen molar-refractivity contribution in [2.75, 3.05) is 13.2 Å². The van der Waals surface area contributed by atoms with Crippen LogP contribution in [0.4, 0.5) is 0 Å². The van der Waals surface area contributed by atoms with Crippen molar-refractivity contribution in [3.8, 4) is 11.5 Å². The van der Waals surface area contributed by atoms with E-state index in [-0.39, 0.29) is 11.1 Å². The molecule has 0 saturated heterocycles. The van der Waals surface area contributed by atoms with E-state index in [0.29, 0.717) is 53.9 Å². The molecule has 6 rings (SSSR count). The molecule has 5 aromatic rings. The Morgan fingerprint density at radius 1 is 0.771 bits per heavy atom. The summed E-state index contributed by atoms with van der Waals surface area (Å²) in [6.07, 6.45) is 5.97. The van der Waals surface area contributed by atoms with Crippen LogP contribution < -0.4 is 20.6 Å². The molecule has 0 saturated carbocycles. The Morgan fingerprint density at radius 2 is 1.49 bits per heavy atom. The van der Waals surface area contributed by atoms with Crippen LogP contribution in [0, 0.1) is 0 Å². The van der Waals surface area contributed by atoms with Gasteiger partial charge in [0.05, 0.1) is 53.8 Å². The molecule has 1 aliphatic heterocycles. The Balaban J connectivity index is 1.39. The second kappa shape index (κ2) is 8.72. The van der Waals surface area contributed by atoms with Gasteiger partial charge in [-0.05, 0) is 48.0 Å². The molecule has 8 heteroatoms. The lowest BCUT2D eigenvalue weighted by atomic mass is 10.1. The van der Waals surface area contributed by atoms with Crippen LogP contribution in [-0.4, -0.2) is 32.3 Å². The zero-order chi connectivity index (χ0) is 23.8. The Morgan fingerprint density at radius 3 is 2.20 bits per heavy atom. The van der Waals surface area contributed by atoms with Crippen molar-refractivity contribution in [3.63, 3.8) is 0 Å². The quantitative estimate of drug-likeness (QED) is 0.378. The van der Waals surface area contributed by atoms with Crippen LogP contribution in [0.15, 0.2) is 82.8 Å². The van der Waals surface area contributed by atoms with Gasteiger partial charge in [-0.1, -0.05) is 12.1 Å². The van der Waals surface area contributed by atoms with Crippen LogP contribution >= 0.6 is 0 Å². The van der Waals surface area contributed by atoms with Crippen LogP contribution in [0.2, 0.25) is 0 Å². The van der Waals surface area contributed by atoms with Gasteiger partial charge in [0.2, 0.25) is 0 Å². The molecule has 0 unspecified atom stereocenters. The number of fused-ring (bicyclic) bond motifs is 3. The molecule has 0 amide bonds. The third-order valence-electron chi connectivity index (χ3n) is 6.11. The second-order valence-corrected chi connectivity index (χ2v) is 8.50. The molecule has 0 atom stereocenters. The first-order valence-corrected chi connectivity index (χ1v) is 11.5. The van der Waals surface area contributed by atoms with E-state index >= 15 is 0 Å². The van der Waals surface area contributed by atoms with E-state index in [9.17, 15) is 9.59 Å². The maximum atomic E-state index is 13.4. The molecule has 4 aromatic heterocycles. The number of hydrogen-bond donors (Lipinski definition) is 0. The number of rotatable bonds is 4. The van der Waals surface area contributed by atoms with E-state index in [4.69, 9.17) is 9.47 Å². The van der Waals surface area contributed by atoms with Crippen LogP contribution in [-0.2, 0) is 13.1 Å². The van der Waals surface area contributed by atoms with E-state index in [2.05, 4.69) is 9.97 Å². The third-order valence-corrected chi connectivity index (χ3v) is 6.11. The number of hydrogen-bond acceptors (Lipinski definition) is 6. The standard InChI is InChI=1S/C27H22N4O4/c32-26-20-15-21-23(8-11-31(27(21)33)17-19-4-1-2-9-28-19)29-22(20)7-10-30(26)16-18-5-6-24-25(14-18)35-13-3-12-34-24/h1-2,4-11,14-15H,3,12-13,16-17H2. The fourth-order valence-corrected chi connectivity index (χ4v) is 4.32. The summed E-state index contributed by atoms with van der Waals surface area (Å²) in [6.45, 7) is 1.93. The molecule has 0 aliphatic carbocycles. The summed E-state index contributed by atoms with van der Waals surface area (Å²) in [5, 5.41) is 0.809. The summed E-state index contributed by atoms with van der Waals surface area (Å²) in [6, 6.07) is 16.6. The van der Waals surface area contributed by atoms with E-state index in [0.717, 1.165) is 23.4 Å². The molecule has 174 valence electrons. The van der Waals surface area contributed by atoms with Gasteiger partial charge in [0.25, 0.3) is 11.1 Å². The lowest BCUT2D eigenvalue weighted by Gasteiger charge is -2.12. The maximum Gasteiger partial charge on any atom is 0.260 e. The summed E-state index contributed by atoms with van der Waals surface area (Å²) >= 11 is 0. The maximum absolute atomic E-state index is 13.4. The van der Waals surface area contributed by atoms with Crippen molar-refractivity contribution in [1.82, 2.24) is 19.1 Å². The van der Waals surface area contributed by atoms with Crippen LogP contribution in [0.1, 0.15) is 17.7 Å². The minimum atomic E-state index is -0.208. The Hall–Kier alpha value is -4.46. The fourth-order valence-electron chi connectivity index (χ4n) is 4.32. The summed E-state index contributed by atoms with van der Waals surface area (Å²) in [7, 11) is 0. The molecule has 8 nitrogen and oxygen atoms in total. The van der Waals surface area contributed by atoms with Crippen molar-refractivity contribution >= 4 is 21.8 Å². The van der Waals surface area contributed by atoms with Gasteiger partial charge in [-0.3, -0.25) is 14.6 Å². The van der Waals surface area contributed by atoms with E-state index in [1.165, 1.54) is 0 Å². The number of benzene rings is 1. The molecule has 0 spiro atoms. The zero-order valence-electron chi connectivity index (χ0n) is 18.9. The number of ether oxygens (including phenoxy) is 2. The minimum absolute atomic E-state index is 0.205. The number of nitrogens with zero attached hydrogens (tertiary/aromatic N) is 4. The van der Waals surface area contributed by atoms with Gasteiger partial charge in [0.15, 0.2) is 11.5 Å². The lowest BCUT2D eigenvalue weighted by Crippen LogP contribution is -2.23. The van der Waals surface area contributed by atoms with Gasteiger partial charge in [0.1, 0.15) is 0 Å². The van der Waals surface area contributed by atoms with E-state index < -0.39 is 0 Å². The normalized spacial score (nSPS) is 13.1. The lowest BCUT2D eigenvalue weighted by molar-refractivity contribution is 0.297. The first-order valence-electron chi connectivity index (χ1n) is 11.5. The molecule has 1 aliphatic rings. The predicted molar refractivity (Wildman–Crippen MR) is 132 cm³/mol. The van der Waals surface area contributed by atoms with Gasteiger partial charge in [0, 0.05) is 25.0 Å². The summed E-state index contributed by atoms with van der Waals surface area (Å²) in [5.74, 6) is 1.41. The molecular formula is C27H22N4O4. The molecule has 0 bridgehead atoms. The zero-order valence-corrected chi connectivity index (χ0v) is 18.9. The van der Waals surface area contributed by atoms with Crippen molar-refractivity contribution in [1.29, 1.82) is 0 Å². The number of pyridine rings is 4. The summed E-state index contributed by atoms with van der Waals surface area (Å²) in [5.41, 5.74) is 2.39. The monoisotopic (exact) mass is 466 g/mol. The van der Waals surface area contributed by atoms with Crippen molar-refractivity contribution in [2.24, 2.45) is 0 Å². The van der Waals surface area contributed by atoms with Gasteiger partial charge < -0.3 is 18.6 Å². The molecule has 1 aromatic carbocycles. The summed E-state index contributed by atoms with van der Waals surface area (Å²) in [4.78, 5) is 35.4. The molecular weight excluding hydrogens is 444 g/mol. The molecule has 0 radical (unpaired) electrons. The fraction of sp³-hybridized carbons (Fsp3) is 0.185. The van der Waals surface area contributed by atoms with Crippen molar-refractivity contribution < 1.29 is 9.47 Å². The highest BCUT2D eigenvalue weighted by molar-refractivity contribution is 5.91. The molecule has 5 heterocycles. The van der Waals surface area contributed by atoms with Gasteiger partial charge in [-0.2, -0.15) is 0 Å². The number of aromatic nitrogens is 4. The SMILES string of the molecule is O=c1c2cc3c(=O)n(Cc4ccccn4)ccc3nc2ccn1Cc1ccc2c(c1)OCCCO2. The van der Waals surface area contributed by atoms with Gasteiger partial charge in [-0.15, -0.1) is 0 Å². The first-order chi connectivity index (χ1) is 17.2. The van der Waals surface area contributed by atoms with Crippen LogP contribution in [0.3, 0.4) is 0 Å². The predicted octanol–water partition coefficient (Wildman–Crippen LogP) is 3.36. The molecule has 35 heavy (non-hydrogen) atoms. The average Bonchev–Trinajstić information content (AvgIpc) is 3.13. The minimum Gasteiger partial charge on any atom is -0.490 e.